The molecule has 1 heterocycles. The highest BCUT2D eigenvalue weighted by Gasteiger charge is 2.01. The number of hydrogen-bond acceptors (Lipinski definition) is 2. The lowest BCUT2D eigenvalue weighted by atomic mass is 10.3. The summed E-state index contributed by atoms with van der Waals surface area (Å²) in [5.74, 6) is 0.870. The zero-order valence-corrected chi connectivity index (χ0v) is 9.02. The van der Waals surface area contributed by atoms with Gasteiger partial charge >= 0.3 is 0 Å². The Hall–Kier alpha value is -0.990. The van der Waals surface area contributed by atoms with Crippen molar-refractivity contribution in [2.75, 3.05) is 0 Å². The third-order valence-electron chi connectivity index (χ3n) is 1.83. The highest BCUT2D eigenvalue weighted by atomic mass is 35.5. The first-order chi connectivity index (χ1) is 6.86. The van der Waals surface area contributed by atoms with E-state index >= 15 is 0 Å². The maximum absolute atomic E-state index is 5.94. The quantitative estimate of drug-likeness (QED) is 0.766. The van der Waals surface area contributed by atoms with E-state index in [4.69, 9.17) is 16.3 Å². The van der Waals surface area contributed by atoms with E-state index in [0.717, 1.165) is 16.3 Å². The largest absolute Gasteiger partial charge is 0.489 e. The Bertz CT molecular complexity index is 397. The van der Waals surface area contributed by atoms with Gasteiger partial charge in [-0.2, -0.15) is 11.3 Å². The second-order valence-electron chi connectivity index (χ2n) is 2.85. The Morgan fingerprint density at radius 2 is 1.93 bits per heavy atom. The van der Waals surface area contributed by atoms with E-state index in [1.54, 1.807) is 11.3 Å². The third kappa shape index (κ3) is 2.28. The molecule has 0 unspecified atom stereocenters. The van der Waals surface area contributed by atoms with Crippen LogP contribution in [0, 0.1) is 0 Å². The Labute approximate surface area is 91.9 Å². The van der Waals surface area contributed by atoms with E-state index in [2.05, 4.69) is 0 Å². The number of para-hydroxylation sites is 1. The van der Waals surface area contributed by atoms with Crippen molar-refractivity contribution in [3.05, 3.63) is 51.7 Å². The Kier molecular flexibility index (Phi) is 3.07. The molecular formula is C11H9ClOS. The average molecular weight is 225 g/mol. The fourth-order valence-electron chi connectivity index (χ4n) is 1.09. The number of ether oxygens (including phenoxy) is 1. The van der Waals surface area contributed by atoms with Gasteiger partial charge in [0.15, 0.2) is 0 Å². The van der Waals surface area contributed by atoms with Crippen molar-refractivity contribution in [1.82, 2.24) is 0 Å². The molecule has 0 N–H and O–H groups in total. The molecule has 0 fully saturated rings. The van der Waals surface area contributed by atoms with Gasteiger partial charge in [-0.3, -0.25) is 0 Å². The van der Waals surface area contributed by atoms with Gasteiger partial charge in [0.05, 0.1) is 5.02 Å². The summed E-state index contributed by atoms with van der Waals surface area (Å²) in [7, 11) is 0. The summed E-state index contributed by atoms with van der Waals surface area (Å²) in [6.45, 7) is 0.534. The van der Waals surface area contributed by atoms with E-state index in [-0.39, 0.29) is 0 Å². The van der Waals surface area contributed by atoms with E-state index in [1.807, 2.05) is 41.1 Å². The summed E-state index contributed by atoms with van der Waals surface area (Å²) in [6, 6.07) is 9.72. The summed E-state index contributed by atoms with van der Waals surface area (Å²) >= 11 is 7.53. The molecule has 2 aromatic rings. The molecule has 0 amide bonds. The van der Waals surface area contributed by atoms with Crippen molar-refractivity contribution in [2.45, 2.75) is 6.61 Å². The molecule has 0 aliphatic rings. The summed E-state index contributed by atoms with van der Waals surface area (Å²) in [5, 5.41) is 4.70. The molecule has 3 heteroatoms. The molecule has 0 spiro atoms. The van der Waals surface area contributed by atoms with Gasteiger partial charge in [-0.05, 0) is 17.5 Å². The predicted molar refractivity (Wildman–Crippen MR) is 60.1 cm³/mol. The van der Waals surface area contributed by atoms with Crippen molar-refractivity contribution >= 4 is 22.9 Å². The lowest BCUT2D eigenvalue weighted by Crippen LogP contribution is -1.93. The third-order valence-corrected chi connectivity index (χ3v) is 3.10. The molecule has 1 nitrogen and oxygen atoms in total. The van der Waals surface area contributed by atoms with Gasteiger partial charge in [0.1, 0.15) is 12.4 Å². The molecule has 14 heavy (non-hydrogen) atoms. The normalized spacial score (nSPS) is 10.1. The van der Waals surface area contributed by atoms with E-state index < -0.39 is 0 Å². The predicted octanol–water partition coefficient (Wildman–Crippen LogP) is 3.98. The highest BCUT2D eigenvalue weighted by molar-refractivity contribution is 7.08. The van der Waals surface area contributed by atoms with Gasteiger partial charge in [-0.1, -0.05) is 29.8 Å². The van der Waals surface area contributed by atoms with Gasteiger partial charge < -0.3 is 4.74 Å². The van der Waals surface area contributed by atoms with Crippen LogP contribution in [0.3, 0.4) is 0 Å². The zero-order chi connectivity index (χ0) is 9.80. The molecule has 0 saturated heterocycles. The van der Waals surface area contributed by atoms with Crippen LogP contribution in [0.25, 0.3) is 0 Å². The van der Waals surface area contributed by atoms with Gasteiger partial charge in [-0.15, -0.1) is 0 Å². The minimum Gasteiger partial charge on any atom is -0.489 e. The summed E-state index contributed by atoms with van der Waals surface area (Å²) in [5.41, 5.74) is 1.04. The van der Waals surface area contributed by atoms with Gasteiger partial charge in [-0.25, -0.2) is 0 Å². The second-order valence-corrected chi connectivity index (χ2v) is 4.00. The summed E-state index contributed by atoms with van der Waals surface area (Å²) < 4.78 is 5.55. The topological polar surface area (TPSA) is 9.23 Å². The SMILES string of the molecule is Clc1cscc1COc1ccccc1. The smallest absolute Gasteiger partial charge is 0.119 e. The summed E-state index contributed by atoms with van der Waals surface area (Å²) in [4.78, 5) is 0. The minimum atomic E-state index is 0.534. The van der Waals surface area contributed by atoms with E-state index in [9.17, 15) is 0 Å². The standard InChI is InChI=1S/C11H9ClOS/c12-11-8-14-7-9(11)6-13-10-4-2-1-3-5-10/h1-5,7-8H,6H2. The van der Waals surface area contributed by atoms with E-state index in [1.165, 1.54) is 0 Å². The van der Waals surface area contributed by atoms with Gasteiger partial charge in [0.25, 0.3) is 0 Å². The molecule has 0 atom stereocenters. The Morgan fingerprint density at radius 3 is 2.57 bits per heavy atom. The Balaban J connectivity index is 1.99. The minimum absolute atomic E-state index is 0.534. The molecule has 0 saturated carbocycles. The lowest BCUT2D eigenvalue weighted by molar-refractivity contribution is 0.307. The summed E-state index contributed by atoms with van der Waals surface area (Å²) in [6.07, 6.45) is 0. The maximum atomic E-state index is 5.94. The van der Waals surface area contributed by atoms with Gasteiger partial charge in [0.2, 0.25) is 0 Å². The molecule has 72 valence electrons. The van der Waals surface area contributed by atoms with Crippen LogP contribution in [-0.2, 0) is 6.61 Å². The molecule has 2 rings (SSSR count). The highest BCUT2D eigenvalue weighted by Crippen LogP contribution is 2.22. The number of rotatable bonds is 3. The average Bonchev–Trinajstić information content (AvgIpc) is 2.63. The van der Waals surface area contributed by atoms with Crippen LogP contribution in [0.15, 0.2) is 41.1 Å². The van der Waals surface area contributed by atoms with Crippen molar-refractivity contribution in [1.29, 1.82) is 0 Å². The monoisotopic (exact) mass is 224 g/mol. The zero-order valence-electron chi connectivity index (χ0n) is 7.44. The van der Waals surface area contributed by atoms with Crippen LogP contribution < -0.4 is 4.74 Å². The molecule has 0 radical (unpaired) electrons. The molecule has 1 aromatic carbocycles. The first-order valence-corrected chi connectivity index (χ1v) is 5.57. The molecule has 0 aliphatic carbocycles. The first kappa shape index (κ1) is 9.56. The second kappa shape index (κ2) is 4.49. The van der Waals surface area contributed by atoms with Crippen LogP contribution in [-0.4, -0.2) is 0 Å². The first-order valence-electron chi connectivity index (χ1n) is 4.24. The van der Waals surface area contributed by atoms with Gasteiger partial charge in [0, 0.05) is 10.9 Å². The number of benzene rings is 1. The molecule has 0 bridgehead atoms. The van der Waals surface area contributed by atoms with Crippen molar-refractivity contribution in [2.24, 2.45) is 0 Å². The van der Waals surface area contributed by atoms with Crippen molar-refractivity contribution in [3.63, 3.8) is 0 Å². The van der Waals surface area contributed by atoms with Crippen LogP contribution in [0.5, 0.6) is 5.75 Å². The molecular weight excluding hydrogens is 216 g/mol. The van der Waals surface area contributed by atoms with Crippen LogP contribution >= 0.6 is 22.9 Å². The van der Waals surface area contributed by atoms with Crippen LogP contribution in [0.2, 0.25) is 5.02 Å². The lowest BCUT2D eigenvalue weighted by Gasteiger charge is -2.04. The van der Waals surface area contributed by atoms with Crippen LogP contribution in [0.4, 0.5) is 0 Å². The maximum Gasteiger partial charge on any atom is 0.119 e. The number of halogens is 1. The molecule has 1 aromatic heterocycles. The Morgan fingerprint density at radius 1 is 1.14 bits per heavy atom. The van der Waals surface area contributed by atoms with E-state index in [0.29, 0.717) is 6.61 Å². The fraction of sp³-hybridized carbons (Fsp3) is 0.0909. The van der Waals surface area contributed by atoms with Crippen LogP contribution in [0.1, 0.15) is 5.56 Å². The molecule has 0 aliphatic heterocycles. The van der Waals surface area contributed by atoms with Crippen molar-refractivity contribution < 1.29 is 4.74 Å². The number of thiophene rings is 1. The van der Waals surface area contributed by atoms with Crippen molar-refractivity contribution in [3.8, 4) is 5.75 Å². The number of hydrogen-bond donors (Lipinski definition) is 0. The fourth-order valence-corrected chi connectivity index (χ4v) is 2.11.